The Morgan fingerprint density at radius 1 is 1.32 bits per heavy atom. The number of rotatable bonds is 6. The van der Waals surface area contributed by atoms with E-state index in [-0.39, 0.29) is 0 Å². The van der Waals surface area contributed by atoms with Gasteiger partial charge in [-0.15, -0.1) is 0 Å². The predicted molar refractivity (Wildman–Crippen MR) is 80.2 cm³/mol. The summed E-state index contributed by atoms with van der Waals surface area (Å²) in [6, 6.07) is 0.735. The van der Waals surface area contributed by atoms with Crippen molar-refractivity contribution in [3.8, 4) is 0 Å². The van der Waals surface area contributed by atoms with Gasteiger partial charge in [0.05, 0.1) is 12.7 Å². The zero-order chi connectivity index (χ0) is 13.5. The zero-order valence-corrected chi connectivity index (χ0v) is 12.6. The van der Waals surface area contributed by atoms with E-state index in [9.17, 15) is 0 Å². The van der Waals surface area contributed by atoms with Gasteiger partial charge in [-0.2, -0.15) is 5.10 Å². The second-order valence-electron chi connectivity index (χ2n) is 6.09. The van der Waals surface area contributed by atoms with Crippen LogP contribution in [0, 0.1) is 12.8 Å². The first-order chi connectivity index (χ1) is 9.28. The highest BCUT2D eigenvalue weighted by Gasteiger charge is 2.17. The molecular formula is C16H29N3. The van der Waals surface area contributed by atoms with Crippen LogP contribution in [0.3, 0.4) is 0 Å². The van der Waals surface area contributed by atoms with Crippen molar-refractivity contribution in [3.05, 3.63) is 18.0 Å². The van der Waals surface area contributed by atoms with E-state index < -0.39 is 0 Å². The maximum Gasteiger partial charge on any atom is 0.0534 e. The molecule has 0 spiro atoms. The Morgan fingerprint density at radius 3 is 2.95 bits per heavy atom. The maximum atomic E-state index is 4.33. The molecule has 1 fully saturated rings. The molecule has 1 aromatic rings. The van der Waals surface area contributed by atoms with Crippen molar-refractivity contribution in [1.82, 2.24) is 15.1 Å². The Morgan fingerprint density at radius 2 is 2.21 bits per heavy atom. The van der Waals surface area contributed by atoms with Crippen LogP contribution in [0.15, 0.2) is 12.4 Å². The Kier molecular flexibility index (Phi) is 5.90. The van der Waals surface area contributed by atoms with Crippen molar-refractivity contribution < 1.29 is 0 Å². The minimum atomic E-state index is 0.735. The van der Waals surface area contributed by atoms with E-state index >= 15 is 0 Å². The summed E-state index contributed by atoms with van der Waals surface area (Å²) in [6.45, 7) is 6.44. The van der Waals surface area contributed by atoms with Crippen molar-refractivity contribution >= 4 is 0 Å². The SMILES string of the molecule is CCCC1CCCC(NCCn2cc(C)cn2)CC1. The normalized spacial score (nSPS) is 24.3. The summed E-state index contributed by atoms with van der Waals surface area (Å²) in [7, 11) is 0. The Hall–Kier alpha value is -0.830. The van der Waals surface area contributed by atoms with Gasteiger partial charge in [-0.25, -0.2) is 0 Å². The highest BCUT2D eigenvalue weighted by molar-refractivity contribution is 4.99. The number of nitrogens with zero attached hydrogens (tertiary/aromatic N) is 2. The van der Waals surface area contributed by atoms with Crippen LogP contribution in [0.1, 0.15) is 57.4 Å². The molecule has 2 rings (SSSR count). The summed E-state index contributed by atoms with van der Waals surface area (Å²) in [6.07, 6.45) is 13.8. The van der Waals surface area contributed by atoms with E-state index in [1.165, 1.54) is 50.5 Å². The minimum absolute atomic E-state index is 0.735. The first kappa shape index (κ1) is 14.6. The molecule has 19 heavy (non-hydrogen) atoms. The second-order valence-corrected chi connectivity index (χ2v) is 6.09. The number of hydrogen-bond acceptors (Lipinski definition) is 2. The maximum absolute atomic E-state index is 4.33. The van der Waals surface area contributed by atoms with Gasteiger partial charge in [0.1, 0.15) is 0 Å². The van der Waals surface area contributed by atoms with Gasteiger partial charge in [0.15, 0.2) is 0 Å². The molecule has 1 N–H and O–H groups in total. The number of hydrogen-bond donors (Lipinski definition) is 1. The fourth-order valence-electron chi connectivity index (χ4n) is 3.25. The van der Waals surface area contributed by atoms with Crippen LogP contribution in [0.2, 0.25) is 0 Å². The van der Waals surface area contributed by atoms with Crippen molar-refractivity contribution in [2.45, 2.75) is 71.4 Å². The molecule has 0 radical (unpaired) electrons. The van der Waals surface area contributed by atoms with E-state index in [4.69, 9.17) is 0 Å². The summed E-state index contributed by atoms with van der Waals surface area (Å²) in [5.74, 6) is 0.991. The molecule has 0 saturated heterocycles. The van der Waals surface area contributed by atoms with Crippen LogP contribution in [-0.2, 0) is 6.54 Å². The lowest BCUT2D eigenvalue weighted by atomic mass is 9.95. The molecule has 1 aliphatic rings. The summed E-state index contributed by atoms with van der Waals surface area (Å²) in [5.41, 5.74) is 1.25. The molecule has 3 heteroatoms. The van der Waals surface area contributed by atoms with Gasteiger partial charge in [0.2, 0.25) is 0 Å². The largest absolute Gasteiger partial charge is 0.312 e. The molecule has 1 saturated carbocycles. The lowest BCUT2D eigenvalue weighted by Crippen LogP contribution is -2.31. The molecule has 3 nitrogen and oxygen atoms in total. The number of aryl methyl sites for hydroxylation is 1. The summed E-state index contributed by atoms with van der Waals surface area (Å²) in [4.78, 5) is 0. The van der Waals surface area contributed by atoms with Gasteiger partial charge in [-0.05, 0) is 37.7 Å². The van der Waals surface area contributed by atoms with Crippen LogP contribution in [0.4, 0.5) is 0 Å². The lowest BCUT2D eigenvalue weighted by Gasteiger charge is -2.16. The molecule has 0 aliphatic heterocycles. The standard InChI is InChI=1S/C16H29N3/c1-3-5-15-6-4-7-16(9-8-15)17-10-11-19-13-14(2)12-18-19/h12-13,15-17H,3-11H2,1-2H3. The Labute approximate surface area is 117 Å². The summed E-state index contributed by atoms with van der Waals surface area (Å²) in [5, 5.41) is 8.05. The Balaban J connectivity index is 1.65. The quantitative estimate of drug-likeness (QED) is 0.796. The first-order valence-electron chi connectivity index (χ1n) is 8.00. The van der Waals surface area contributed by atoms with Crippen molar-refractivity contribution in [2.24, 2.45) is 5.92 Å². The molecule has 2 unspecified atom stereocenters. The zero-order valence-electron chi connectivity index (χ0n) is 12.6. The van der Waals surface area contributed by atoms with Crippen LogP contribution in [-0.4, -0.2) is 22.4 Å². The van der Waals surface area contributed by atoms with E-state index in [2.05, 4.69) is 30.5 Å². The van der Waals surface area contributed by atoms with Crippen molar-refractivity contribution in [2.75, 3.05) is 6.54 Å². The molecule has 1 aromatic heterocycles. The van der Waals surface area contributed by atoms with Gasteiger partial charge in [-0.1, -0.05) is 32.6 Å². The van der Waals surface area contributed by atoms with Gasteiger partial charge in [0.25, 0.3) is 0 Å². The van der Waals surface area contributed by atoms with Crippen LogP contribution < -0.4 is 5.32 Å². The van der Waals surface area contributed by atoms with Crippen molar-refractivity contribution in [1.29, 1.82) is 0 Å². The van der Waals surface area contributed by atoms with E-state index in [0.717, 1.165) is 25.0 Å². The smallest absolute Gasteiger partial charge is 0.0534 e. The van der Waals surface area contributed by atoms with Crippen LogP contribution >= 0.6 is 0 Å². The van der Waals surface area contributed by atoms with Crippen LogP contribution in [0.25, 0.3) is 0 Å². The molecule has 1 aliphatic carbocycles. The topological polar surface area (TPSA) is 29.9 Å². The average Bonchev–Trinajstić information content (AvgIpc) is 2.67. The molecule has 0 bridgehead atoms. The highest BCUT2D eigenvalue weighted by atomic mass is 15.3. The van der Waals surface area contributed by atoms with Gasteiger partial charge in [0, 0.05) is 18.8 Å². The van der Waals surface area contributed by atoms with E-state index in [1.807, 2.05) is 10.9 Å². The fourth-order valence-corrected chi connectivity index (χ4v) is 3.25. The van der Waals surface area contributed by atoms with E-state index in [0.29, 0.717) is 0 Å². The molecule has 108 valence electrons. The summed E-state index contributed by atoms with van der Waals surface area (Å²) >= 11 is 0. The molecule has 2 atom stereocenters. The van der Waals surface area contributed by atoms with Crippen molar-refractivity contribution in [3.63, 3.8) is 0 Å². The average molecular weight is 263 g/mol. The molecule has 0 amide bonds. The predicted octanol–water partition coefficient (Wildman–Crippen LogP) is 3.53. The minimum Gasteiger partial charge on any atom is -0.312 e. The molecular weight excluding hydrogens is 234 g/mol. The van der Waals surface area contributed by atoms with Gasteiger partial charge >= 0.3 is 0 Å². The number of aromatic nitrogens is 2. The third-order valence-electron chi connectivity index (χ3n) is 4.32. The third kappa shape index (κ3) is 4.98. The van der Waals surface area contributed by atoms with E-state index in [1.54, 1.807) is 0 Å². The first-order valence-corrected chi connectivity index (χ1v) is 8.00. The Bertz CT molecular complexity index is 359. The van der Waals surface area contributed by atoms with Gasteiger partial charge < -0.3 is 5.32 Å². The monoisotopic (exact) mass is 263 g/mol. The third-order valence-corrected chi connectivity index (χ3v) is 4.32. The van der Waals surface area contributed by atoms with Crippen LogP contribution in [0.5, 0.6) is 0 Å². The molecule has 1 heterocycles. The number of nitrogens with one attached hydrogen (secondary N) is 1. The van der Waals surface area contributed by atoms with Gasteiger partial charge in [-0.3, -0.25) is 4.68 Å². The fraction of sp³-hybridized carbons (Fsp3) is 0.812. The summed E-state index contributed by atoms with van der Waals surface area (Å²) < 4.78 is 2.04. The molecule has 0 aromatic carbocycles. The second kappa shape index (κ2) is 7.68. The highest BCUT2D eigenvalue weighted by Crippen LogP contribution is 2.26. The lowest BCUT2D eigenvalue weighted by molar-refractivity contribution is 0.404.